The lowest BCUT2D eigenvalue weighted by atomic mass is 9.89. The average molecular weight is 504 g/mol. The summed E-state index contributed by atoms with van der Waals surface area (Å²) in [6.45, 7) is 3.22. The number of Topliss-reactive ketones (excluding diaryl/α,β-unsaturated/α-hetero) is 1. The van der Waals surface area contributed by atoms with Crippen molar-refractivity contribution in [2.45, 2.75) is 20.3 Å². The standard InChI is InChI=1S/C29H29NO7/c1-17-12-20(8-11-26(17)37-5)28(32)25(13-19-6-9-22(10-7-19)30-18(2)31)27(29(33)34)21-14-23(35-3)16-24(15-21)36-4/h6-12,14-16H,13H2,1-5H3,(H,30,31)(H,33,34). The fourth-order valence-corrected chi connectivity index (χ4v) is 3.97. The Hall–Kier alpha value is -4.59. The summed E-state index contributed by atoms with van der Waals surface area (Å²) >= 11 is 0. The maximum Gasteiger partial charge on any atom is 0.336 e. The summed E-state index contributed by atoms with van der Waals surface area (Å²) < 4.78 is 16.0. The van der Waals surface area contributed by atoms with E-state index in [1.165, 1.54) is 21.1 Å². The summed E-state index contributed by atoms with van der Waals surface area (Å²) in [7, 11) is 4.47. The van der Waals surface area contributed by atoms with Crippen LogP contribution in [0.2, 0.25) is 0 Å². The number of allylic oxidation sites excluding steroid dienone is 1. The molecule has 0 unspecified atom stereocenters. The van der Waals surface area contributed by atoms with Gasteiger partial charge in [0, 0.05) is 36.2 Å². The Kier molecular flexibility index (Phi) is 8.68. The van der Waals surface area contributed by atoms with Gasteiger partial charge in [0.15, 0.2) is 5.78 Å². The molecule has 8 nitrogen and oxygen atoms in total. The van der Waals surface area contributed by atoms with Crippen LogP contribution in [0.4, 0.5) is 5.69 Å². The first-order valence-electron chi connectivity index (χ1n) is 11.4. The molecule has 0 aromatic heterocycles. The molecular formula is C29H29NO7. The van der Waals surface area contributed by atoms with Gasteiger partial charge in [0.2, 0.25) is 5.91 Å². The maximum absolute atomic E-state index is 13.9. The molecule has 0 radical (unpaired) electrons. The van der Waals surface area contributed by atoms with Gasteiger partial charge in [0.1, 0.15) is 17.2 Å². The van der Waals surface area contributed by atoms with Crippen LogP contribution in [-0.2, 0) is 16.0 Å². The number of aliphatic carboxylic acids is 1. The third kappa shape index (κ3) is 6.55. The van der Waals surface area contributed by atoms with E-state index in [0.29, 0.717) is 34.1 Å². The van der Waals surface area contributed by atoms with Gasteiger partial charge in [-0.1, -0.05) is 12.1 Å². The summed E-state index contributed by atoms with van der Waals surface area (Å²) in [6, 6.07) is 16.6. The molecule has 0 saturated heterocycles. The molecule has 3 aromatic rings. The third-order valence-corrected chi connectivity index (χ3v) is 5.74. The van der Waals surface area contributed by atoms with E-state index in [1.807, 2.05) is 6.92 Å². The lowest BCUT2D eigenvalue weighted by Crippen LogP contribution is -2.14. The number of hydrogen-bond acceptors (Lipinski definition) is 6. The van der Waals surface area contributed by atoms with Gasteiger partial charge in [-0.3, -0.25) is 9.59 Å². The van der Waals surface area contributed by atoms with Crippen LogP contribution in [0.3, 0.4) is 0 Å². The molecule has 0 aliphatic carbocycles. The minimum absolute atomic E-state index is 0.0332. The highest BCUT2D eigenvalue weighted by molar-refractivity contribution is 6.26. The van der Waals surface area contributed by atoms with E-state index in [2.05, 4.69) is 5.32 Å². The van der Waals surface area contributed by atoms with E-state index < -0.39 is 11.8 Å². The quantitative estimate of drug-likeness (QED) is 0.298. The van der Waals surface area contributed by atoms with Crippen LogP contribution in [0.25, 0.3) is 5.57 Å². The number of carbonyl (C=O) groups is 3. The summed E-state index contributed by atoms with van der Waals surface area (Å²) in [4.78, 5) is 37.9. The van der Waals surface area contributed by atoms with Crippen LogP contribution in [0.15, 0.2) is 66.2 Å². The van der Waals surface area contributed by atoms with Crippen LogP contribution in [0, 0.1) is 6.92 Å². The topological polar surface area (TPSA) is 111 Å². The predicted octanol–water partition coefficient (Wildman–Crippen LogP) is 4.94. The number of carboxylic acid groups (broad SMARTS) is 1. The second-order valence-electron chi connectivity index (χ2n) is 8.33. The first-order chi connectivity index (χ1) is 17.7. The molecule has 37 heavy (non-hydrogen) atoms. The summed E-state index contributed by atoms with van der Waals surface area (Å²) in [6.07, 6.45) is 0.0332. The minimum Gasteiger partial charge on any atom is -0.497 e. The lowest BCUT2D eigenvalue weighted by Gasteiger charge is -2.16. The number of nitrogens with one attached hydrogen (secondary N) is 1. The molecule has 0 aliphatic heterocycles. The van der Waals surface area contributed by atoms with Crippen molar-refractivity contribution in [3.63, 3.8) is 0 Å². The van der Waals surface area contributed by atoms with Gasteiger partial charge in [-0.15, -0.1) is 0 Å². The second-order valence-corrected chi connectivity index (χ2v) is 8.33. The number of benzene rings is 3. The maximum atomic E-state index is 13.9. The van der Waals surface area contributed by atoms with Gasteiger partial charge in [-0.05, 0) is 66.1 Å². The molecule has 0 spiro atoms. The Morgan fingerprint density at radius 1 is 0.811 bits per heavy atom. The number of ether oxygens (including phenoxy) is 3. The van der Waals surface area contributed by atoms with Gasteiger partial charge < -0.3 is 24.6 Å². The van der Waals surface area contributed by atoms with Crippen LogP contribution >= 0.6 is 0 Å². The smallest absolute Gasteiger partial charge is 0.336 e. The zero-order valence-corrected chi connectivity index (χ0v) is 21.4. The van der Waals surface area contributed by atoms with Crippen molar-refractivity contribution < 1.29 is 33.7 Å². The zero-order valence-electron chi connectivity index (χ0n) is 21.4. The van der Waals surface area contributed by atoms with E-state index in [-0.39, 0.29) is 29.0 Å². The lowest BCUT2D eigenvalue weighted by molar-refractivity contribution is -0.130. The van der Waals surface area contributed by atoms with E-state index in [9.17, 15) is 19.5 Å². The number of carboxylic acids is 1. The van der Waals surface area contributed by atoms with Crippen molar-refractivity contribution in [1.82, 2.24) is 0 Å². The van der Waals surface area contributed by atoms with Crippen LogP contribution in [0.5, 0.6) is 17.2 Å². The summed E-state index contributed by atoms with van der Waals surface area (Å²) in [5.74, 6) is -0.514. The molecular weight excluding hydrogens is 474 g/mol. The molecule has 0 heterocycles. The predicted molar refractivity (Wildman–Crippen MR) is 141 cm³/mol. The van der Waals surface area contributed by atoms with Crippen LogP contribution in [-0.4, -0.2) is 44.1 Å². The monoisotopic (exact) mass is 503 g/mol. The van der Waals surface area contributed by atoms with Crippen molar-refractivity contribution in [2.24, 2.45) is 0 Å². The molecule has 0 fully saturated rings. The molecule has 0 saturated carbocycles. The number of amides is 1. The van der Waals surface area contributed by atoms with Crippen molar-refractivity contribution in [2.75, 3.05) is 26.6 Å². The molecule has 3 rings (SSSR count). The highest BCUT2D eigenvalue weighted by Gasteiger charge is 2.25. The molecule has 8 heteroatoms. The van der Waals surface area contributed by atoms with Crippen molar-refractivity contribution >= 4 is 28.9 Å². The summed E-state index contributed by atoms with van der Waals surface area (Å²) in [5, 5.41) is 13.0. The van der Waals surface area contributed by atoms with Gasteiger partial charge in [-0.25, -0.2) is 4.79 Å². The number of methoxy groups -OCH3 is 3. The van der Waals surface area contributed by atoms with E-state index in [4.69, 9.17) is 14.2 Å². The Labute approximate surface area is 215 Å². The number of ketones is 1. The SMILES string of the molecule is COc1cc(OC)cc(C(C(=O)O)=C(Cc2ccc(NC(C)=O)cc2)C(=O)c2ccc(OC)c(C)c2)c1. The molecule has 1 amide bonds. The van der Waals surface area contributed by atoms with Gasteiger partial charge in [0.25, 0.3) is 0 Å². The first kappa shape index (κ1) is 27.0. The number of hydrogen-bond donors (Lipinski definition) is 2. The Balaban J connectivity index is 2.22. The summed E-state index contributed by atoms with van der Waals surface area (Å²) in [5.41, 5.74) is 2.55. The number of anilines is 1. The van der Waals surface area contributed by atoms with E-state index in [1.54, 1.807) is 67.8 Å². The molecule has 2 N–H and O–H groups in total. The minimum atomic E-state index is -1.27. The first-order valence-corrected chi connectivity index (χ1v) is 11.4. The van der Waals surface area contributed by atoms with E-state index >= 15 is 0 Å². The largest absolute Gasteiger partial charge is 0.497 e. The van der Waals surface area contributed by atoms with Crippen molar-refractivity contribution in [1.29, 1.82) is 0 Å². The molecule has 0 bridgehead atoms. The molecule has 3 aromatic carbocycles. The van der Waals surface area contributed by atoms with Gasteiger partial charge >= 0.3 is 5.97 Å². The Morgan fingerprint density at radius 2 is 1.43 bits per heavy atom. The normalized spacial score (nSPS) is 11.3. The fraction of sp³-hybridized carbons (Fsp3) is 0.207. The van der Waals surface area contributed by atoms with Crippen LogP contribution in [0.1, 0.15) is 34.0 Å². The fourth-order valence-electron chi connectivity index (χ4n) is 3.97. The highest BCUT2D eigenvalue weighted by Crippen LogP contribution is 2.32. The molecule has 0 aliphatic rings. The van der Waals surface area contributed by atoms with E-state index in [0.717, 1.165) is 5.56 Å². The van der Waals surface area contributed by atoms with Crippen molar-refractivity contribution in [3.8, 4) is 17.2 Å². The zero-order chi connectivity index (χ0) is 27.1. The Bertz CT molecular complexity index is 1330. The van der Waals surface area contributed by atoms with Crippen molar-refractivity contribution in [3.05, 3.63) is 88.5 Å². The third-order valence-electron chi connectivity index (χ3n) is 5.74. The molecule has 192 valence electrons. The number of carbonyl (C=O) groups excluding carboxylic acids is 2. The number of rotatable bonds is 10. The Morgan fingerprint density at radius 3 is 1.92 bits per heavy atom. The molecule has 0 atom stereocenters. The number of aryl methyl sites for hydroxylation is 1. The highest BCUT2D eigenvalue weighted by atomic mass is 16.5. The van der Waals surface area contributed by atoms with Gasteiger partial charge in [0.05, 0.1) is 26.9 Å². The van der Waals surface area contributed by atoms with Crippen LogP contribution < -0.4 is 19.5 Å². The average Bonchev–Trinajstić information content (AvgIpc) is 2.88. The second kappa shape index (κ2) is 11.9. The van der Waals surface area contributed by atoms with Gasteiger partial charge in [-0.2, -0.15) is 0 Å².